The molecule has 162 valence electrons. The minimum Gasteiger partial charge on any atom is -0.497 e. The standard InChI is InChI=1S/C25H22FN3O3/c1-31-24-4-2-3-19(13-24)15-29-16-22(14-27-29)28-25(30)20-7-5-18(6-8-20)17-32-23-11-9-21(26)10-12-23/h2-14,16H,15,17H2,1H3,(H,28,30). The number of hydrogen-bond donors (Lipinski definition) is 1. The number of nitrogens with one attached hydrogen (secondary N) is 1. The van der Waals surface area contributed by atoms with Crippen LogP contribution >= 0.6 is 0 Å². The van der Waals surface area contributed by atoms with Crippen LogP contribution in [-0.2, 0) is 13.2 Å². The maximum Gasteiger partial charge on any atom is 0.255 e. The Morgan fingerprint density at radius 3 is 2.53 bits per heavy atom. The number of methoxy groups -OCH3 is 1. The van der Waals surface area contributed by atoms with Crippen LogP contribution in [0.15, 0.2) is 85.2 Å². The molecule has 4 aromatic rings. The lowest BCUT2D eigenvalue weighted by Gasteiger charge is -2.07. The quantitative estimate of drug-likeness (QED) is 0.431. The van der Waals surface area contributed by atoms with Gasteiger partial charge in [0.15, 0.2) is 0 Å². The number of carbonyl (C=O) groups excluding carboxylic acids is 1. The van der Waals surface area contributed by atoms with Crippen LogP contribution in [0.2, 0.25) is 0 Å². The Balaban J connectivity index is 1.32. The number of aromatic nitrogens is 2. The van der Waals surface area contributed by atoms with Gasteiger partial charge in [0.1, 0.15) is 23.9 Å². The topological polar surface area (TPSA) is 65.4 Å². The molecule has 0 fully saturated rings. The summed E-state index contributed by atoms with van der Waals surface area (Å²) in [5.74, 6) is 0.837. The number of halogens is 1. The van der Waals surface area contributed by atoms with Gasteiger partial charge in [-0.25, -0.2) is 4.39 Å². The summed E-state index contributed by atoms with van der Waals surface area (Å²) < 4.78 is 25.6. The smallest absolute Gasteiger partial charge is 0.255 e. The Morgan fingerprint density at radius 2 is 1.78 bits per heavy atom. The molecule has 32 heavy (non-hydrogen) atoms. The molecule has 0 saturated heterocycles. The first kappa shape index (κ1) is 21.1. The molecular formula is C25H22FN3O3. The summed E-state index contributed by atoms with van der Waals surface area (Å²) in [6, 6.07) is 20.7. The molecule has 1 aromatic heterocycles. The van der Waals surface area contributed by atoms with Crippen molar-refractivity contribution < 1.29 is 18.7 Å². The predicted octanol–water partition coefficient (Wildman–Crippen LogP) is 4.91. The maximum atomic E-state index is 13.0. The zero-order valence-electron chi connectivity index (χ0n) is 17.5. The van der Waals surface area contributed by atoms with Crippen LogP contribution in [0.25, 0.3) is 0 Å². The summed E-state index contributed by atoms with van der Waals surface area (Å²) >= 11 is 0. The van der Waals surface area contributed by atoms with Crippen LogP contribution in [0.5, 0.6) is 11.5 Å². The SMILES string of the molecule is COc1cccc(Cn2cc(NC(=O)c3ccc(COc4ccc(F)cc4)cc3)cn2)c1. The van der Waals surface area contributed by atoms with Crippen molar-refractivity contribution in [1.82, 2.24) is 9.78 Å². The van der Waals surface area contributed by atoms with Gasteiger partial charge in [-0.1, -0.05) is 24.3 Å². The fourth-order valence-electron chi connectivity index (χ4n) is 3.13. The van der Waals surface area contributed by atoms with Gasteiger partial charge in [-0.3, -0.25) is 9.48 Å². The van der Waals surface area contributed by atoms with Gasteiger partial charge >= 0.3 is 0 Å². The highest BCUT2D eigenvalue weighted by atomic mass is 19.1. The number of carbonyl (C=O) groups is 1. The van der Waals surface area contributed by atoms with Crippen molar-refractivity contribution in [3.8, 4) is 11.5 Å². The van der Waals surface area contributed by atoms with Crippen LogP contribution in [0.1, 0.15) is 21.5 Å². The van der Waals surface area contributed by atoms with E-state index in [1.54, 1.807) is 48.5 Å². The summed E-state index contributed by atoms with van der Waals surface area (Å²) in [6.45, 7) is 0.889. The minimum atomic E-state index is -0.307. The molecule has 6 nitrogen and oxygen atoms in total. The Hall–Kier alpha value is -4.13. The van der Waals surface area contributed by atoms with E-state index in [0.717, 1.165) is 16.9 Å². The van der Waals surface area contributed by atoms with Crippen molar-refractivity contribution in [2.45, 2.75) is 13.2 Å². The first-order chi connectivity index (χ1) is 15.6. The third-order valence-corrected chi connectivity index (χ3v) is 4.81. The van der Waals surface area contributed by atoms with Gasteiger partial charge in [-0.05, 0) is 59.7 Å². The van der Waals surface area contributed by atoms with Crippen molar-refractivity contribution in [3.05, 3.63) is 108 Å². The Morgan fingerprint density at radius 1 is 1.00 bits per heavy atom. The predicted molar refractivity (Wildman–Crippen MR) is 119 cm³/mol. The van der Waals surface area contributed by atoms with Crippen LogP contribution < -0.4 is 14.8 Å². The zero-order valence-corrected chi connectivity index (χ0v) is 17.5. The van der Waals surface area contributed by atoms with Gasteiger partial charge in [-0.15, -0.1) is 0 Å². The number of hydrogen-bond acceptors (Lipinski definition) is 4. The highest BCUT2D eigenvalue weighted by Crippen LogP contribution is 2.16. The van der Waals surface area contributed by atoms with Crippen molar-refractivity contribution in [3.63, 3.8) is 0 Å². The second-order valence-electron chi connectivity index (χ2n) is 7.17. The second-order valence-corrected chi connectivity index (χ2v) is 7.17. The molecule has 0 aliphatic heterocycles. The fourth-order valence-corrected chi connectivity index (χ4v) is 3.13. The first-order valence-electron chi connectivity index (χ1n) is 10.0. The average Bonchev–Trinajstić information content (AvgIpc) is 3.25. The highest BCUT2D eigenvalue weighted by molar-refractivity contribution is 6.04. The van der Waals surface area contributed by atoms with Crippen LogP contribution in [0.4, 0.5) is 10.1 Å². The Kier molecular flexibility index (Phi) is 6.46. The van der Waals surface area contributed by atoms with E-state index >= 15 is 0 Å². The molecule has 0 atom stereocenters. The average molecular weight is 431 g/mol. The first-order valence-corrected chi connectivity index (χ1v) is 10.0. The molecule has 0 radical (unpaired) electrons. The molecule has 1 heterocycles. The van der Waals surface area contributed by atoms with Gasteiger partial charge in [-0.2, -0.15) is 5.10 Å². The molecule has 0 saturated carbocycles. The summed E-state index contributed by atoms with van der Waals surface area (Å²) in [5, 5.41) is 7.16. The summed E-state index contributed by atoms with van der Waals surface area (Å²) in [7, 11) is 1.63. The molecule has 0 aliphatic rings. The summed E-state index contributed by atoms with van der Waals surface area (Å²) in [6.07, 6.45) is 3.39. The third kappa shape index (κ3) is 5.51. The van der Waals surface area contributed by atoms with E-state index < -0.39 is 0 Å². The zero-order chi connectivity index (χ0) is 22.3. The van der Waals surface area contributed by atoms with Gasteiger partial charge in [0.25, 0.3) is 5.91 Å². The molecule has 3 aromatic carbocycles. The molecule has 0 aliphatic carbocycles. The normalized spacial score (nSPS) is 10.6. The van der Waals surface area contributed by atoms with E-state index in [1.807, 2.05) is 36.4 Å². The van der Waals surface area contributed by atoms with E-state index in [2.05, 4.69) is 10.4 Å². The summed E-state index contributed by atoms with van der Waals surface area (Å²) in [5.41, 5.74) is 3.08. The van der Waals surface area contributed by atoms with Crippen LogP contribution in [0, 0.1) is 5.82 Å². The molecular weight excluding hydrogens is 409 g/mol. The molecule has 0 spiro atoms. The van der Waals surface area contributed by atoms with E-state index in [1.165, 1.54) is 12.1 Å². The van der Waals surface area contributed by atoms with E-state index in [-0.39, 0.29) is 11.7 Å². The number of ether oxygens (including phenoxy) is 2. The maximum absolute atomic E-state index is 13.0. The molecule has 0 unspecified atom stereocenters. The van der Waals surface area contributed by atoms with E-state index in [4.69, 9.17) is 9.47 Å². The second kappa shape index (κ2) is 9.78. The molecule has 4 rings (SSSR count). The Bertz CT molecular complexity index is 1190. The highest BCUT2D eigenvalue weighted by Gasteiger charge is 2.09. The van der Waals surface area contributed by atoms with Crippen molar-refractivity contribution in [2.75, 3.05) is 12.4 Å². The van der Waals surface area contributed by atoms with Crippen LogP contribution in [0.3, 0.4) is 0 Å². The minimum absolute atomic E-state index is 0.225. The largest absolute Gasteiger partial charge is 0.497 e. The van der Waals surface area contributed by atoms with Gasteiger partial charge in [0.05, 0.1) is 25.5 Å². The van der Waals surface area contributed by atoms with Crippen molar-refractivity contribution >= 4 is 11.6 Å². The van der Waals surface area contributed by atoms with E-state index in [9.17, 15) is 9.18 Å². The number of nitrogens with zero attached hydrogens (tertiary/aromatic N) is 2. The lowest BCUT2D eigenvalue weighted by atomic mass is 10.1. The lowest BCUT2D eigenvalue weighted by molar-refractivity contribution is 0.102. The lowest BCUT2D eigenvalue weighted by Crippen LogP contribution is -2.11. The molecule has 7 heteroatoms. The van der Waals surface area contributed by atoms with Gasteiger partial charge < -0.3 is 14.8 Å². The van der Waals surface area contributed by atoms with E-state index in [0.29, 0.717) is 30.2 Å². The number of rotatable bonds is 8. The van der Waals surface area contributed by atoms with Crippen molar-refractivity contribution in [1.29, 1.82) is 0 Å². The number of benzene rings is 3. The van der Waals surface area contributed by atoms with Crippen LogP contribution in [-0.4, -0.2) is 22.8 Å². The molecule has 1 amide bonds. The van der Waals surface area contributed by atoms with Gasteiger partial charge in [0.2, 0.25) is 0 Å². The third-order valence-electron chi connectivity index (χ3n) is 4.81. The number of anilines is 1. The van der Waals surface area contributed by atoms with Crippen molar-refractivity contribution in [2.24, 2.45) is 0 Å². The summed E-state index contributed by atoms with van der Waals surface area (Å²) in [4.78, 5) is 12.6. The number of amides is 1. The Labute approximate surface area is 185 Å². The molecule has 0 bridgehead atoms. The molecule has 1 N–H and O–H groups in total. The van der Waals surface area contributed by atoms with Gasteiger partial charge in [0, 0.05) is 11.8 Å². The monoisotopic (exact) mass is 431 g/mol. The fraction of sp³-hybridized carbons (Fsp3) is 0.120.